The van der Waals surface area contributed by atoms with Crippen molar-refractivity contribution >= 4 is 0 Å². The van der Waals surface area contributed by atoms with E-state index in [4.69, 9.17) is 0 Å². The van der Waals surface area contributed by atoms with Gasteiger partial charge in [0.15, 0.2) is 0 Å². The highest BCUT2D eigenvalue weighted by Crippen LogP contribution is 2.20. The highest BCUT2D eigenvalue weighted by Gasteiger charge is 2.26. The summed E-state index contributed by atoms with van der Waals surface area (Å²) in [6.07, 6.45) is 2.06. The normalized spacial score (nSPS) is 20.8. The number of β-amino-alcohol motifs (C(OH)–C–C–N with tert-alkyl or cyclic N) is 1. The fourth-order valence-electron chi connectivity index (χ4n) is 1.98. The first-order valence-corrected chi connectivity index (χ1v) is 7.05. The van der Waals surface area contributed by atoms with Gasteiger partial charge in [-0.2, -0.15) is 0 Å². The van der Waals surface area contributed by atoms with Crippen molar-refractivity contribution in [3.05, 3.63) is 11.6 Å². The van der Waals surface area contributed by atoms with Crippen LogP contribution in [0.15, 0.2) is 11.6 Å². The third kappa shape index (κ3) is 5.51. The molecule has 1 heterocycles. The summed E-state index contributed by atoms with van der Waals surface area (Å²) < 4.78 is 0. The van der Waals surface area contributed by atoms with E-state index in [0.717, 1.165) is 39.3 Å². The van der Waals surface area contributed by atoms with E-state index in [1.54, 1.807) is 0 Å². The van der Waals surface area contributed by atoms with Gasteiger partial charge in [0, 0.05) is 39.3 Å². The third-order valence-electron chi connectivity index (χ3n) is 3.65. The van der Waals surface area contributed by atoms with Crippen LogP contribution >= 0.6 is 0 Å². The van der Waals surface area contributed by atoms with Crippen molar-refractivity contribution in [2.24, 2.45) is 5.41 Å². The molecule has 0 amide bonds. The number of hydrogen-bond donors (Lipinski definition) is 1. The van der Waals surface area contributed by atoms with E-state index in [9.17, 15) is 5.11 Å². The number of hydrogen-bond acceptors (Lipinski definition) is 3. The van der Waals surface area contributed by atoms with Crippen LogP contribution < -0.4 is 0 Å². The molecule has 1 aliphatic heterocycles. The van der Waals surface area contributed by atoms with Crippen LogP contribution in [-0.4, -0.2) is 60.3 Å². The number of aliphatic hydroxyl groups is 1. The Hall–Kier alpha value is -0.380. The summed E-state index contributed by atoms with van der Waals surface area (Å²) in [5.41, 5.74) is 1.37. The van der Waals surface area contributed by atoms with E-state index in [0.29, 0.717) is 0 Å². The van der Waals surface area contributed by atoms with E-state index in [1.165, 1.54) is 5.57 Å². The Balaban J connectivity index is 2.29. The number of nitrogens with zero attached hydrogens (tertiary/aromatic N) is 2. The molecule has 3 nitrogen and oxygen atoms in total. The molecule has 1 aliphatic rings. The maximum absolute atomic E-state index is 10.1. The Morgan fingerprint density at radius 3 is 2.06 bits per heavy atom. The number of allylic oxidation sites excluding steroid dienone is 1. The second-order valence-electron chi connectivity index (χ2n) is 6.76. The van der Waals surface area contributed by atoms with Crippen LogP contribution in [-0.2, 0) is 0 Å². The molecule has 0 aliphatic carbocycles. The van der Waals surface area contributed by atoms with Gasteiger partial charge >= 0.3 is 0 Å². The van der Waals surface area contributed by atoms with Crippen molar-refractivity contribution < 1.29 is 5.11 Å². The average molecular weight is 254 g/mol. The smallest absolute Gasteiger partial charge is 0.0715 e. The fraction of sp³-hybridized carbons (Fsp3) is 0.867. The molecule has 106 valence electrons. The quantitative estimate of drug-likeness (QED) is 0.777. The third-order valence-corrected chi connectivity index (χ3v) is 3.65. The summed E-state index contributed by atoms with van der Waals surface area (Å²) in [6, 6.07) is 0. The Kier molecular flexibility index (Phi) is 5.83. The zero-order chi connectivity index (χ0) is 13.8. The first-order valence-electron chi connectivity index (χ1n) is 7.05. The van der Waals surface area contributed by atoms with Gasteiger partial charge in [0.05, 0.1) is 6.10 Å². The molecule has 1 atom stereocenters. The molecule has 1 rings (SSSR count). The van der Waals surface area contributed by atoms with Gasteiger partial charge in [-0.25, -0.2) is 0 Å². The highest BCUT2D eigenvalue weighted by atomic mass is 16.3. The van der Waals surface area contributed by atoms with Crippen LogP contribution in [0.4, 0.5) is 0 Å². The SMILES string of the molecule is CC(C)=CCN1CCN(C[C@H](O)C(C)(C)C)CC1. The summed E-state index contributed by atoms with van der Waals surface area (Å²) >= 11 is 0. The van der Waals surface area contributed by atoms with E-state index in [1.807, 2.05) is 0 Å². The minimum absolute atomic E-state index is 0.0147. The van der Waals surface area contributed by atoms with E-state index in [2.05, 4.69) is 50.5 Å². The molecular weight excluding hydrogens is 224 g/mol. The van der Waals surface area contributed by atoms with Gasteiger partial charge in [-0.1, -0.05) is 32.4 Å². The number of rotatable bonds is 4. The van der Waals surface area contributed by atoms with Crippen LogP contribution in [0.25, 0.3) is 0 Å². The molecule has 1 fully saturated rings. The Morgan fingerprint density at radius 2 is 1.61 bits per heavy atom. The summed E-state index contributed by atoms with van der Waals surface area (Å²) in [7, 11) is 0. The van der Waals surface area contributed by atoms with Gasteiger partial charge in [0.1, 0.15) is 0 Å². The average Bonchev–Trinajstić information content (AvgIpc) is 2.26. The molecule has 0 aromatic heterocycles. The molecule has 18 heavy (non-hydrogen) atoms. The molecule has 0 spiro atoms. The van der Waals surface area contributed by atoms with Crippen LogP contribution in [0.5, 0.6) is 0 Å². The summed E-state index contributed by atoms with van der Waals surface area (Å²) in [6.45, 7) is 16.8. The zero-order valence-corrected chi connectivity index (χ0v) is 12.7. The molecule has 1 N–H and O–H groups in total. The monoisotopic (exact) mass is 254 g/mol. The predicted octanol–water partition coefficient (Wildman–Crippen LogP) is 1.98. The van der Waals surface area contributed by atoms with Gasteiger partial charge in [0.2, 0.25) is 0 Å². The lowest BCUT2D eigenvalue weighted by Gasteiger charge is -2.37. The minimum atomic E-state index is -0.234. The summed E-state index contributed by atoms with van der Waals surface area (Å²) in [5, 5.41) is 10.1. The maximum atomic E-state index is 10.1. The van der Waals surface area contributed by atoms with E-state index < -0.39 is 0 Å². The Bertz CT molecular complexity index is 269. The van der Waals surface area contributed by atoms with Crippen molar-refractivity contribution in [3.63, 3.8) is 0 Å². The van der Waals surface area contributed by atoms with Crippen molar-refractivity contribution in [3.8, 4) is 0 Å². The Labute approximate surface area is 112 Å². The van der Waals surface area contributed by atoms with Gasteiger partial charge in [0.25, 0.3) is 0 Å². The van der Waals surface area contributed by atoms with Crippen molar-refractivity contribution in [1.29, 1.82) is 0 Å². The van der Waals surface area contributed by atoms with Crippen LogP contribution in [0, 0.1) is 5.41 Å². The molecule has 0 aromatic carbocycles. The van der Waals surface area contributed by atoms with Crippen molar-refractivity contribution in [2.75, 3.05) is 39.3 Å². The lowest BCUT2D eigenvalue weighted by molar-refractivity contribution is 0.0147. The molecule has 0 radical (unpaired) electrons. The maximum Gasteiger partial charge on any atom is 0.0715 e. The van der Waals surface area contributed by atoms with Gasteiger partial charge < -0.3 is 5.11 Å². The topological polar surface area (TPSA) is 26.7 Å². The van der Waals surface area contributed by atoms with Crippen molar-refractivity contribution in [1.82, 2.24) is 9.80 Å². The van der Waals surface area contributed by atoms with Crippen LogP contribution in [0.3, 0.4) is 0 Å². The predicted molar refractivity (Wildman–Crippen MR) is 77.8 cm³/mol. The number of piperazine rings is 1. The molecule has 0 bridgehead atoms. The standard InChI is InChI=1S/C15H30N2O/c1-13(2)6-7-16-8-10-17(11-9-16)12-14(18)15(3,4)5/h6,14,18H,7-12H2,1-5H3/t14-/m0/s1. The van der Waals surface area contributed by atoms with Crippen molar-refractivity contribution in [2.45, 2.75) is 40.7 Å². The lowest BCUT2D eigenvalue weighted by Crippen LogP contribution is -2.50. The highest BCUT2D eigenvalue weighted by molar-refractivity contribution is 4.95. The zero-order valence-electron chi connectivity index (χ0n) is 12.7. The minimum Gasteiger partial charge on any atom is -0.391 e. The fourth-order valence-corrected chi connectivity index (χ4v) is 1.98. The molecule has 1 saturated heterocycles. The summed E-state index contributed by atoms with van der Waals surface area (Å²) in [4.78, 5) is 4.86. The number of aliphatic hydroxyl groups excluding tert-OH is 1. The first-order chi connectivity index (χ1) is 8.29. The second-order valence-corrected chi connectivity index (χ2v) is 6.76. The molecule has 0 unspecified atom stereocenters. The van der Waals surface area contributed by atoms with E-state index >= 15 is 0 Å². The second kappa shape index (κ2) is 6.69. The van der Waals surface area contributed by atoms with E-state index in [-0.39, 0.29) is 11.5 Å². The first kappa shape index (κ1) is 15.7. The van der Waals surface area contributed by atoms with Crippen LogP contribution in [0.1, 0.15) is 34.6 Å². The molecule has 0 saturated carbocycles. The van der Waals surface area contributed by atoms with Crippen LogP contribution in [0.2, 0.25) is 0 Å². The van der Waals surface area contributed by atoms with Gasteiger partial charge in [-0.05, 0) is 19.3 Å². The lowest BCUT2D eigenvalue weighted by atomic mass is 9.89. The molecular formula is C15H30N2O. The summed E-state index contributed by atoms with van der Waals surface area (Å²) in [5.74, 6) is 0. The molecule has 3 heteroatoms. The van der Waals surface area contributed by atoms with Gasteiger partial charge in [-0.3, -0.25) is 9.80 Å². The van der Waals surface area contributed by atoms with Gasteiger partial charge in [-0.15, -0.1) is 0 Å². The largest absolute Gasteiger partial charge is 0.391 e. The Morgan fingerprint density at radius 1 is 1.11 bits per heavy atom. The molecule has 0 aromatic rings.